The molecule has 0 aliphatic carbocycles. The van der Waals surface area contributed by atoms with Gasteiger partial charge in [0.2, 0.25) is 5.91 Å². The molecule has 1 unspecified atom stereocenters. The summed E-state index contributed by atoms with van der Waals surface area (Å²) in [6.07, 6.45) is 0.314. The Bertz CT molecular complexity index is 867. The molecule has 0 fully saturated rings. The van der Waals surface area contributed by atoms with Crippen LogP contribution in [0.3, 0.4) is 0 Å². The highest BCUT2D eigenvalue weighted by atomic mass is 35.5. The second kappa shape index (κ2) is 8.33. The number of halogens is 1. The molecule has 0 aromatic heterocycles. The van der Waals surface area contributed by atoms with Crippen LogP contribution in [0, 0.1) is 0 Å². The number of carbonyl (C=O) groups excluding carboxylic acids is 1. The van der Waals surface area contributed by atoms with Gasteiger partial charge in [0.05, 0.1) is 6.42 Å². The van der Waals surface area contributed by atoms with Crippen molar-refractivity contribution < 1.29 is 14.7 Å². The van der Waals surface area contributed by atoms with E-state index in [1.165, 1.54) is 0 Å². The van der Waals surface area contributed by atoms with E-state index in [4.69, 9.17) is 11.6 Å². The summed E-state index contributed by atoms with van der Waals surface area (Å²) in [6.45, 7) is 5.08. The number of hydrogen-bond donors (Lipinski definition) is 2. The number of hydrogen-bond acceptors (Lipinski definition) is 3. The Balaban J connectivity index is 1.66. The molecular formula is C22H25ClN2O3. The van der Waals surface area contributed by atoms with Crippen LogP contribution >= 0.6 is 11.6 Å². The van der Waals surface area contributed by atoms with Crippen molar-refractivity contribution in [2.75, 3.05) is 18.0 Å². The van der Waals surface area contributed by atoms with Crippen LogP contribution < -0.4 is 10.2 Å². The van der Waals surface area contributed by atoms with Crippen LogP contribution in [0.5, 0.6) is 0 Å². The van der Waals surface area contributed by atoms with Crippen LogP contribution in [0.25, 0.3) is 0 Å². The molecule has 5 nitrogen and oxygen atoms in total. The number of nitrogens with zero attached hydrogens (tertiary/aromatic N) is 1. The van der Waals surface area contributed by atoms with Crippen molar-refractivity contribution in [1.29, 1.82) is 0 Å². The largest absolute Gasteiger partial charge is 0.481 e. The number of carboxylic acids is 1. The number of aliphatic carboxylic acids is 1. The first-order valence-electron chi connectivity index (χ1n) is 9.40. The Morgan fingerprint density at radius 2 is 1.93 bits per heavy atom. The predicted molar refractivity (Wildman–Crippen MR) is 111 cm³/mol. The lowest BCUT2D eigenvalue weighted by atomic mass is 9.94. The maximum Gasteiger partial charge on any atom is 0.304 e. The van der Waals surface area contributed by atoms with E-state index in [-0.39, 0.29) is 23.8 Å². The van der Waals surface area contributed by atoms with Crippen LogP contribution in [0.1, 0.15) is 43.7 Å². The van der Waals surface area contributed by atoms with E-state index < -0.39 is 5.97 Å². The molecule has 0 bridgehead atoms. The summed E-state index contributed by atoms with van der Waals surface area (Å²) in [6, 6.07) is 15.4. The fourth-order valence-corrected chi connectivity index (χ4v) is 3.89. The Hall–Kier alpha value is -2.37. The van der Waals surface area contributed by atoms with E-state index in [1.807, 2.05) is 18.2 Å². The molecule has 148 valence electrons. The fourth-order valence-electron chi connectivity index (χ4n) is 3.71. The lowest BCUT2D eigenvalue weighted by Crippen LogP contribution is -2.39. The number of rotatable bonds is 7. The van der Waals surface area contributed by atoms with Gasteiger partial charge in [0.15, 0.2) is 0 Å². The van der Waals surface area contributed by atoms with Gasteiger partial charge in [-0.15, -0.1) is 0 Å². The highest BCUT2D eigenvalue weighted by molar-refractivity contribution is 6.30. The minimum Gasteiger partial charge on any atom is -0.481 e. The number of amides is 1. The number of anilines is 1. The summed E-state index contributed by atoms with van der Waals surface area (Å²) in [7, 11) is 0. The van der Waals surface area contributed by atoms with E-state index in [1.54, 1.807) is 23.1 Å². The second-order valence-corrected chi connectivity index (χ2v) is 8.11. The molecule has 0 saturated heterocycles. The Morgan fingerprint density at radius 3 is 2.61 bits per heavy atom. The third kappa shape index (κ3) is 4.54. The summed E-state index contributed by atoms with van der Waals surface area (Å²) in [5.74, 6) is -1.13. The molecule has 2 N–H and O–H groups in total. The molecule has 28 heavy (non-hydrogen) atoms. The van der Waals surface area contributed by atoms with Crippen molar-refractivity contribution in [3.8, 4) is 0 Å². The Morgan fingerprint density at radius 1 is 1.21 bits per heavy atom. The van der Waals surface area contributed by atoms with E-state index in [2.05, 4.69) is 31.3 Å². The number of carbonyl (C=O) groups is 2. The minimum atomic E-state index is -0.878. The van der Waals surface area contributed by atoms with Crippen LogP contribution in [-0.2, 0) is 15.1 Å². The van der Waals surface area contributed by atoms with Crippen molar-refractivity contribution in [3.63, 3.8) is 0 Å². The summed E-state index contributed by atoms with van der Waals surface area (Å²) in [5.41, 5.74) is 2.51. The lowest BCUT2D eigenvalue weighted by Gasteiger charge is -2.27. The molecule has 0 spiro atoms. The van der Waals surface area contributed by atoms with Gasteiger partial charge in [-0.3, -0.25) is 9.59 Å². The molecule has 1 heterocycles. The summed E-state index contributed by atoms with van der Waals surface area (Å²) in [5, 5.41) is 13.2. The monoisotopic (exact) mass is 400 g/mol. The fraction of sp³-hybridized carbons (Fsp3) is 0.364. The Kier molecular flexibility index (Phi) is 6.06. The van der Waals surface area contributed by atoms with E-state index in [0.717, 1.165) is 16.8 Å². The highest BCUT2D eigenvalue weighted by Crippen LogP contribution is 2.40. The van der Waals surface area contributed by atoms with Gasteiger partial charge in [0.1, 0.15) is 0 Å². The van der Waals surface area contributed by atoms with Gasteiger partial charge in [-0.2, -0.15) is 0 Å². The van der Waals surface area contributed by atoms with Crippen molar-refractivity contribution in [2.24, 2.45) is 0 Å². The summed E-state index contributed by atoms with van der Waals surface area (Å²) < 4.78 is 0. The van der Waals surface area contributed by atoms with Gasteiger partial charge in [-0.25, -0.2) is 0 Å². The van der Waals surface area contributed by atoms with Crippen molar-refractivity contribution in [1.82, 2.24) is 5.32 Å². The predicted octanol–water partition coefficient (Wildman–Crippen LogP) is 4.16. The Labute approximate surface area is 170 Å². The van der Waals surface area contributed by atoms with Gasteiger partial charge >= 0.3 is 5.97 Å². The normalized spacial score (nSPS) is 16.1. The van der Waals surface area contributed by atoms with Crippen LogP contribution in [-0.4, -0.2) is 30.1 Å². The molecular weight excluding hydrogens is 376 g/mol. The van der Waals surface area contributed by atoms with Gasteiger partial charge in [0, 0.05) is 41.7 Å². The standard InChI is InChI=1S/C22H25ClN2O3/c1-22(2,16-6-4-3-5-7-16)24-11-10-20(26)25-14-15(12-21(27)28)18-13-17(23)8-9-19(18)25/h3-9,13,15,24H,10-12,14H2,1-2H3,(H,27,28). The zero-order valence-electron chi connectivity index (χ0n) is 16.1. The summed E-state index contributed by atoms with van der Waals surface area (Å²) in [4.78, 5) is 25.7. The molecule has 0 saturated carbocycles. The zero-order valence-corrected chi connectivity index (χ0v) is 16.9. The maximum atomic E-state index is 12.9. The van der Waals surface area contributed by atoms with Crippen molar-refractivity contribution >= 4 is 29.2 Å². The molecule has 3 rings (SSSR count). The molecule has 6 heteroatoms. The zero-order chi connectivity index (χ0) is 20.3. The molecule has 1 amide bonds. The number of nitrogens with one attached hydrogen (secondary N) is 1. The van der Waals surface area contributed by atoms with Gasteiger partial charge in [-0.05, 0) is 43.2 Å². The van der Waals surface area contributed by atoms with Crippen LogP contribution in [0.2, 0.25) is 5.02 Å². The highest BCUT2D eigenvalue weighted by Gasteiger charge is 2.33. The smallest absolute Gasteiger partial charge is 0.304 e. The van der Waals surface area contributed by atoms with Crippen molar-refractivity contribution in [3.05, 3.63) is 64.7 Å². The first-order valence-corrected chi connectivity index (χ1v) is 9.78. The number of fused-ring (bicyclic) bond motifs is 1. The quantitative estimate of drug-likeness (QED) is 0.732. The molecule has 1 atom stereocenters. The summed E-state index contributed by atoms with van der Waals surface area (Å²) >= 11 is 6.08. The lowest BCUT2D eigenvalue weighted by molar-refractivity contribution is -0.137. The first kappa shape index (κ1) is 20.4. The van der Waals surface area contributed by atoms with Gasteiger partial charge in [-0.1, -0.05) is 41.9 Å². The van der Waals surface area contributed by atoms with E-state index in [0.29, 0.717) is 24.5 Å². The molecule has 1 aliphatic heterocycles. The van der Waals surface area contributed by atoms with Gasteiger partial charge < -0.3 is 15.3 Å². The maximum absolute atomic E-state index is 12.9. The number of benzene rings is 2. The molecule has 2 aromatic carbocycles. The number of carboxylic acid groups (broad SMARTS) is 1. The third-order valence-electron chi connectivity index (χ3n) is 5.25. The van der Waals surface area contributed by atoms with Crippen LogP contribution in [0.15, 0.2) is 48.5 Å². The first-order chi connectivity index (χ1) is 13.3. The van der Waals surface area contributed by atoms with E-state index >= 15 is 0 Å². The average molecular weight is 401 g/mol. The minimum absolute atomic E-state index is 0.0174. The molecule has 1 aliphatic rings. The van der Waals surface area contributed by atoms with Gasteiger partial charge in [0.25, 0.3) is 0 Å². The molecule has 2 aromatic rings. The van der Waals surface area contributed by atoms with E-state index in [9.17, 15) is 14.7 Å². The topological polar surface area (TPSA) is 69.6 Å². The molecule has 0 radical (unpaired) electrons. The second-order valence-electron chi connectivity index (χ2n) is 7.67. The SMILES string of the molecule is CC(C)(NCCC(=O)N1CC(CC(=O)O)c2cc(Cl)ccc21)c1ccccc1. The van der Waals surface area contributed by atoms with Crippen molar-refractivity contribution in [2.45, 2.75) is 38.1 Å². The average Bonchev–Trinajstić information content (AvgIpc) is 2.99. The third-order valence-corrected chi connectivity index (χ3v) is 5.48. The van der Waals surface area contributed by atoms with Crippen LogP contribution in [0.4, 0.5) is 5.69 Å².